The van der Waals surface area contributed by atoms with Gasteiger partial charge >= 0.3 is 0 Å². The van der Waals surface area contributed by atoms with E-state index in [1.54, 1.807) is 48.9 Å². The molecule has 1 saturated heterocycles. The highest BCUT2D eigenvalue weighted by Crippen LogP contribution is 2.21. The number of sulfonamides is 1. The molecule has 0 bridgehead atoms. The summed E-state index contributed by atoms with van der Waals surface area (Å²) in [6.07, 6.45) is 1.77. The van der Waals surface area contributed by atoms with Crippen LogP contribution in [0.4, 0.5) is 5.69 Å². The van der Waals surface area contributed by atoms with Crippen LogP contribution >= 0.6 is 11.3 Å². The molecule has 4 rings (SSSR count). The van der Waals surface area contributed by atoms with Gasteiger partial charge in [-0.15, -0.1) is 11.3 Å². The van der Waals surface area contributed by atoms with E-state index in [2.05, 4.69) is 27.1 Å². The predicted molar refractivity (Wildman–Crippen MR) is 130 cm³/mol. The van der Waals surface area contributed by atoms with Gasteiger partial charge in [0.15, 0.2) is 0 Å². The van der Waals surface area contributed by atoms with Gasteiger partial charge in [0.25, 0.3) is 15.9 Å². The Morgan fingerprint density at radius 1 is 1.09 bits per heavy atom. The van der Waals surface area contributed by atoms with Crippen molar-refractivity contribution >= 4 is 33.0 Å². The molecule has 1 aromatic heterocycles. The SMILES string of the molecule is COc1cccc(CN2CCC(NC(=O)c3ccc(NS(=O)(=O)c4cccs4)cc3)CC2)c1. The largest absolute Gasteiger partial charge is 0.497 e. The lowest BCUT2D eigenvalue weighted by molar-refractivity contribution is 0.0909. The second-order valence-corrected chi connectivity index (χ2v) is 10.8. The molecule has 174 valence electrons. The Labute approximate surface area is 198 Å². The van der Waals surface area contributed by atoms with Crippen LogP contribution in [0.15, 0.2) is 70.3 Å². The molecule has 2 aromatic carbocycles. The summed E-state index contributed by atoms with van der Waals surface area (Å²) in [6, 6.07) is 17.9. The summed E-state index contributed by atoms with van der Waals surface area (Å²) in [4.78, 5) is 15.0. The van der Waals surface area contributed by atoms with Gasteiger partial charge in [0.05, 0.1) is 7.11 Å². The maximum atomic E-state index is 12.7. The lowest BCUT2D eigenvalue weighted by Crippen LogP contribution is -2.44. The van der Waals surface area contributed by atoms with Crippen molar-refractivity contribution in [3.8, 4) is 5.75 Å². The number of ether oxygens (including phenoxy) is 1. The molecule has 0 spiro atoms. The predicted octanol–water partition coefficient (Wildman–Crippen LogP) is 3.95. The molecule has 1 amide bonds. The number of methoxy groups -OCH3 is 1. The maximum absolute atomic E-state index is 12.7. The number of rotatable bonds is 8. The van der Waals surface area contributed by atoms with Crippen molar-refractivity contribution in [3.05, 3.63) is 77.2 Å². The summed E-state index contributed by atoms with van der Waals surface area (Å²) in [5.41, 5.74) is 2.14. The minimum atomic E-state index is -3.60. The van der Waals surface area contributed by atoms with Gasteiger partial charge in [0.2, 0.25) is 0 Å². The van der Waals surface area contributed by atoms with Crippen molar-refractivity contribution in [1.82, 2.24) is 10.2 Å². The Hall–Kier alpha value is -2.88. The van der Waals surface area contributed by atoms with E-state index in [9.17, 15) is 13.2 Å². The Kier molecular flexibility index (Phi) is 7.32. The van der Waals surface area contributed by atoms with E-state index in [1.807, 2.05) is 12.1 Å². The first-order valence-corrected chi connectivity index (χ1v) is 13.1. The molecule has 1 fully saturated rings. The van der Waals surface area contributed by atoms with Crippen LogP contribution in [0.3, 0.4) is 0 Å². The van der Waals surface area contributed by atoms with Gasteiger partial charge in [-0.2, -0.15) is 0 Å². The van der Waals surface area contributed by atoms with E-state index in [1.165, 1.54) is 5.56 Å². The third-order valence-electron chi connectivity index (χ3n) is 5.62. The fourth-order valence-corrected chi connectivity index (χ4v) is 5.90. The van der Waals surface area contributed by atoms with Crippen LogP contribution in [0.2, 0.25) is 0 Å². The Balaban J connectivity index is 1.26. The standard InChI is InChI=1S/C24H27N3O4S2/c1-31-22-5-2-4-18(16-22)17-27-13-11-20(12-14-27)25-24(28)19-7-9-21(10-8-19)26-33(29,30)23-6-3-15-32-23/h2-10,15-16,20,26H,11-14,17H2,1H3,(H,25,28). The van der Waals surface area contributed by atoms with Gasteiger partial charge in [0, 0.05) is 36.9 Å². The Morgan fingerprint density at radius 3 is 2.52 bits per heavy atom. The summed E-state index contributed by atoms with van der Waals surface area (Å²) in [6.45, 7) is 2.68. The van der Waals surface area contributed by atoms with Crippen molar-refractivity contribution < 1.29 is 17.9 Å². The summed E-state index contributed by atoms with van der Waals surface area (Å²) in [5.74, 6) is 0.717. The van der Waals surface area contributed by atoms with E-state index >= 15 is 0 Å². The van der Waals surface area contributed by atoms with Crippen molar-refractivity contribution in [2.75, 3.05) is 24.9 Å². The molecule has 3 aromatic rings. The van der Waals surface area contributed by atoms with E-state index in [-0.39, 0.29) is 16.2 Å². The van der Waals surface area contributed by atoms with Crippen LogP contribution in [0.5, 0.6) is 5.75 Å². The summed E-state index contributed by atoms with van der Waals surface area (Å²) < 4.78 is 32.7. The zero-order valence-electron chi connectivity index (χ0n) is 18.4. The first-order valence-electron chi connectivity index (χ1n) is 10.8. The number of amides is 1. The van der Waals surface area contributed by atoms with Crippen LogP contribution in [-0.2, 0) is 16.6 Å². The number of nitrogens with one attached hydrogen (secondary N) is 2. The highest BCUT2D eigenvalue weighted by molar-refractivity contribution is 7.94. The zero-order chi connectivity index (χ0) is 23.3. The van der Waals surface area contributed by atoms with Crippen LogP contribution in [-0.4, -0.2) is 45.5 Å². The van der Waals surface area contributed by atoms with Gasteiger partial charge in [-0.05, 0) is 66.2 Å². The smallest absolute Gasteiger partial charge is 0.271 e. The molecule has 0 radical (unpaired) electrons. The fraction of sp³-hybridized carbons (Fsp3) is 0.292. The zero-order valence-corrected chi connectivity index (χ0v) is 20.0. The van der Waals surface area contributed by atoms with E-state index in [4.69, 9.17) is 4.74 Å². The number of likely N-dealkylation sites (tertiary alicyclic amines) is 1. The van der Waals surface area contributed by atoms with Crippen LogP contribution in [0, 0.1) is 0 Å². The van der Waals surface area contributed by atoms with Gasteiger partial charge in [-0.3, -0.25) is 14.4 Å². The third kappa shape index (κ3) is 6.13. The molecule has 9 heteroatoms. The quantitative estimate of drug-likeness (QED) is 0.504. The Bertz CT molecular complexity index is 1170. The number of hydrogen-bond acceptors (Lipinski definition) is 6. The third-order valence-corrected chi connectivity index (χ3v) is 8.40. The van der Waals surface area contributed by atoms with Gasteiger partial charge < -0.3 is 10.1 Å². The normalized spacial score (nSPS) is 15.2. The number of carbonyl (C=O) groups is 1. The number of anilines is 1. The van der Waals surface area contributed by atoms with E-state index in [0.29, 0.717) is 11.3 Å². The van der Waals surface area contributed by atoms with E-state index in [0.717, 1.165) is 49.6 Å². The molecular formula is C24H27N3O4S2. The number of carbonyl (C=O) groups excluding carboxylic acids is 1. The molecular weight excluding hydrogens is 458 g/mol. The summed E-state index contributed by atoms with van der Waals surface area (Å²) in [7, 11) is -1.93. The molecule has 7 nitrogen and oxygen atoms in total. The van der Waals surface area contributed by atoms with Gasteiger partial charge in [-0.1, -0.05) is 18.2 Å². The number of benzene rings is 2. The lowest BCUT2D eigenvalue weighted by Gasteiger charge is -2.32. The molecule has 1 aliphatic rings. The van der Waals surface area contributed by atoms with Gasteiger partial charge in [-0.25, -0.2) is 8.42 Å². The molecule has 2 heterocycles. The molecule has 1 aliphatic heterocycles. The van der Waals surface area contributed by atoms with Crippen LogP contribution < -0.4 is 14.8 Å². The molecule has 0 aliphatic carbocycles. The molecule has 0 unspecified atom stereocenters. The van der Waals surface area contributed by atoms with Crippen molar-refractivity contribution in [2.24, 2.45) is 0 Å². The van der Waals surface area contributed by atoms with E-state index < -0.39 is 10.0 Å². The first kappa shape index (κ1) is 23.3. The van der Waals surface area contributed by atoms with Crippen molar-refractivity contribution in [1.29, 1.82) is 0 Å². The van der Waals surface area contributed by atoms with Gasteiger partial charge in [0.1, 0.15) is 9.96 Å². The number of hydrogen-bond donors (Lipinski definition) is 2. The number of thiophene rings is 1. The van der Waals surface area contributed by atoms with Crippen molar-refractivity contribution in [3.63, 3.8) is 0 Å². The van der Waals surface area contributed by atoms with Crippen LogP contribution in [0.1, 0.15) is 28.8 Å². The minimum absolute atomic E-state index is 0.121. The summed E-state index contributed by atoms with van der Waals surface area (Å²) in [5, 5.41) is 4.82. The van der Waals surface area contributed by atoms with Crippen LogP contribution in [0.25, 0.3) is 0 Å². The van der Waals surface area contributed by atoms with Crippen molar-refractivity contribution in [2.45, 2.75) is 29.6 Å². The minimum Gasteiger partial charge on any atom is -0.497 e. The number of nitrogens with zero attached hydrogens (tertiary/aromatic N) is 1. The first-order chi connectivity index (χ1) is 15.9. The second kappa shape index (κ2) is 10.4. The average molecular weight is 486 g/mol. The topological polar surface area (TPSA) is 87.7 Å². The lowest BCUT2D eigenvalue weighted by atomic mass is 10.0. The number of piperidine rings is 1. The molecule has 0 atom stereocenters. The average Bonchev–Trinajstić information content (AvgIpc) is 3.37. The monoisotopic (exact) mass is 485 g/mol. The molecule has 33 heavy (non-hydrogen) atoms. The highest BCUT2D eigenvalue weighted by atomic mass is 32.2. The molecule has 0 saturated carbocycles. The second-order valence-electron chi connectivity index (χ2n) is 7.99. The fourth-order valence-electron chi connectivity index (χ4n) is 3.84. The Morgan fingerprint density at radius 2 is 1.85 bits per heavy atom. The maximum Gasteiger partial charge on any atom is 0.271 e. The molecule has 2 N–H and O–H groups in total. The highest BCUT2D eigenvalue weighted by Gasteiger charge is 2.21. The summed E-state index contributed by atoms with van der Waals surface area (Å²) >= 11 is 1.15.